The van der Waals surface area contributed by atoms with Gasteiger partial charge >= 0.3 is 5.69 Å². The Hall–Kier alpha value is -3.26. The van der Waals surface area contributed by atoms with Crippen LogP contribution in [0.5, 0.6) is 0 Å². The minimum atomic E-state index is -0.501. The molecule has 0 radical (unpaired) electrons. The lowest BCUT2D eigenvalue weighted by Crippen LogP contribution is -2.48. The van der Waals surface area contributed by atoms with Crippen molar-refractivity contribution in [1.29, 1.82) is 0 Å². The van der Waals surface area contributed by atoms with Crippen LogP contribution in [-0.4, -0.2) is 50.3 Å². The number of nitrogens with zero attached hydrogens (tertiary/aromatic N) is 4. The fourth-order valence-corrected chi connectivity index (χ4v) is 4.42. The maximum absolute atomic E-state index is 12.9. The van der Waals surface area contributed by atoms with Crippen molar-refractivity contribution in [3.63, 3.8) is 0 Å². The van der Waals surface area contributed by atoms with Crippen molar-refractivity contribution in [1.82, 2.24) is 24.6 Å². The predicted octanol–water partition coefficient (Wildman–Crippen LogP) is 1.97. The molecule has 1 saturated heterocycles. The number of fused-ring (bicyclic) bond motifs is 2. The highest BCUT2D eigenvalue weighted by molar-refractivity contribution is 5.92. The van der Waals surface area contributed by atoms with Crippen molar-refractivity contribution in [3.05, 3.63) is 75.7 Å². The van der Waals surface area contributed by atoms with Crippen LogP contribution in [0.3, 0.4) is 0 Å². The summed E-state index contributed by atoms with van der Waals surface area (Å²) in [6.45, 7) is 3.45. The van der Waals surface area contributed by atoms with Crippen molar-refractivity contribution in [2.45, 2.75) is 31.8 Å². The molecule has 1 amide bonds. The number of hydrogen-bond donors (Lipinski definition) is 1. The highest BCUT2D eigenvalue weighted by Gasteiger charge is 2.44. The zero-order chi connectivity index (χ0) is 20.7. The molecule has 0 unspecified atom stereocenters. The number of aromatic amines is 1. The van der Waals surface area contributed by atoms with Crippen LogP contribution in [0.25, 0.3) is 5.69 Å². The van der Waals surface area contributed by atoms with Gasteiger partial charge in [0.25, 0.3) is 5.91 Å². The zero-order valence-corrected chi connectivity index (χ0v) is 16.8. The normalized spacial score (nSPS) is 17.7. The third-order valence-corrected chi connectivity index (χ3v) is 5.95. The molecule has 2 aliphatic rings. The Morgan fingerprint density at radius 2 is 1.97 bits per heavy atom. The van der Waals surface area contributed by atoms with Crippen LogP contribution in [0.2, 0.25) is 0 Å². The zero-order valence-electron chi connectivity index (χ0n) is 16.8. The Bertz CT molecular complexity index is 1140. The van der Waals surface area contributed by atoms with Crippen LogP contribution in [0, 0.1) is 6.92 Å². The first-order chi connectivity index (χ1) is 14.5. The number of piperidine rings is 1. The van der Waals surface area contributed by atoms with Crippen molar-refractivity contribution in [2.75, 3.05) is 19.7 Å². The summed E-state index contributed by atoms with van der Waals surface area (Å²) in [5.74, 6) is -0.218. The first-order valence-corrected chi connectivity index (χ1v) is 10.2. The molecule has 2 aromatic heterocycles. The SMILES string of the molecule is Cc1cc(C(=O)N2CCC3(CC2)OCCc2cn(-c4ccccc4)nc23)nc(=O)[nH]1. The number of aryl methyl sites for hydroxylation is 1. The second kappa shape index (κ2) is 7.21. The first kappa shape index (κ1) is 18.7. The van der Waals surface area contributed by atoms with Gasteiger partial charge in [0.05, 0.1) is 18.0 Å². The maximum Gasteiger partial charge on any atom is 0.345 e. The molecule has 0 saturated carbocycles. The lowest BCUT2D eigenvalue weighted by atomic mass is 9.83. The summed E-state index contributed by atoms with van der Waals surface area (Å²) >= 11 is 0. The van der Waals surface area contributed by atoms with Gasteiger partial charge in [-0.15, -0.1) is 0 Å². The smallest absolute Gasteiger partial charge is 0.345 e. The molecule has 8 heteroatoms. The number of benzene rings is 1. The van der Waals surface area contributed by atoms with Gasteiger partial charge in [0, 0.05) is 25.0 Å². The van der Waals surface area contributed by atoms with Crippen molar-refractivity contribution >= 4 is 5.91 Å². The van der Waals surface area contributed by atoms with Gasteiger partial charge in [0.15, 0.2) is 0 Å². The number of amides is 1. The molecule has 1 spiro atoms. The molecule has 1 aromatic carbocycles. The van der Waals surface area contributed by atoms with E-state index in [9.17, 15) is 9.59 Å². The number of rotatable bonds is 2. The minimum Gasteiger partial charge on any atom is -0.368 e. The van der Waals surface area contributed by atoms with Crippen LogP contribution < -0.4 is 5.69 Å². The molecule has 3 aromatic rings. The molecule has 0 aliphatic carbocycles. The standard InChI is InChI=1S/C22H23N5O3/c1-15-13-18(24-21(29)23-15)20(28)26-10-8-22(9-11-26)19-16(7-12-30-22)14-27(25-19)17-5-3-2-4-6-17/h2-6,13-14H,7-12H2,1H3,(H,23,24,29). The number of H-pyrrole nitrogens is 1. The highest BCUT2D eigenvalue weighted by Crippen LogP contribution is 2.41. The molecular weight excluding hydrogens is 382 g/mol. The molecule has 8 nitrogen and oxygen atoms in total. The topological polar surface area (TPSA) is 93.1 Å². The second-order valence-corrected chi connectivity index (χ2v) is 7.92. The van der Waals surface area contributed by atoms with Gasteiger partial charge in [-0.05, 0) is 49.9 Å². The number of aromatic nitrogens is 4. The van der Waals surface area contributed by atoms with Crippen LogP contribution in [-0.2, 0) is 16.8 Å². The number of ether oxygens (including phenoxy) is 1. The molecule has 1 fully saturated rings. The summed E-state index contributed by atoms with van der Waals surface area (Å²) in [6.07, 6.45) is 4.26. The van der Waals surface area contributed by atoms with E-state index in [2.05, 4.69) is 16.2 Å². The number of nitrogens with one attached hydrogen (secondary N) is 1. The van der Waals surface area contributed by atoms with E-state index < -0.39 is 11.3 Å². The van der Waals surface area contributed by atoms with Gasteiger partial charge in [-0.3, -0.25) is 4.79 Å². The van der Waals surface area contributed by atoms with E-state index in [0.29, 0.717) is 38.2 Å². The largest absolute Gasteiger partial charge is 0.368 e. The number of carbonyl (C=O) groups excluding carboxylic acids is 1. The number of para-hydroxylation sites is 1. The Labute approximate surface area is 173 Å². The summed E-state index contributed by atoms with van der Waals surface area (Å²) in [7, 11) is 0. The fourth-order valence-electron chi connectivity index (χ4n) is 4.42. The van der Waals surface area contributed by atoms with E-state index in [4.69, 9.17) is 9.84 Å². The Morgan fingerprint density at radius 1 is 1.20 bits per heavy atom. The van der Waals surface area contributed by atoms with Gasteiger partial charge in [-0.1, -0.05) is 18.2 Å². The van der Waals surface area contributed by atoms with Gasteiger partial charge in [-0.2, -0.15) is 10.1 Å². The van der Waals surface area contributed by atoms with Gasteiger partial charge in [0.2, 0.25) is 0 Å². The Morgan fingerprint density at radius 3 is 2.70 bits per heavy atom. The van der Waals surface area contributed by atoms with E-state index >= 15 is 0 Å². The molecule has 5 rings (SSSR count). The summed E-state index contributed by atoms with van der Waals surface area (Å²) in [4.78, 5) is 32.6. The van der Waals surface area contributed by atoms with Gasteiger partial charge in [-0.25, -0.2) is 9.48 Å². The van der Waals surface area contributed by atoms with Crippen LogP contribution >= 0.6 is 0 Å². The average Bonchev–Trinajstić information content (AvgIpc) is 3.20. The second-order valence-electron chi connectivity index (χ2n) is 7.92. The highest BCUT2D eigenvalue weighted by atomic mass is 16.5. The summed E-state index contributed by atoms with van der Waals surface area (Å²) in [5.41, 5.74) is 3.04. The van der Waals surface area contributed by atoms with E-state index in [1.807, 2.05) is 35.0 Å². The van der Waals surface area contributed by atoms with Crippen molar-refractivity contribution < 1.29 is 9.53 Å². The van der Waals surface area contributed by atoms with Crippen LogP contribution in [0.15, 0.2) is 47.4 Å². The van der Waals surface area contributed by atoms with E-state index in [0.717, 1.165) is 17.8 Å². The molecule has 1 N–H and O–H groups in total. The molecule has 0 bridgehead atoms. The quantitative estimate of drug-likeness (QED) is 0.704. The summed E-state index contributed by atoms with van der Waals surface area (Å²) in [6, 6.07) is 11.7. The first-order valence-electron chi connectivity index (χ1n) is 10.2. The Balaban J connectivity index is 1.38. The number of hydrogen-bond acceptors (Lipinski definition) is 5. The summed E-state index contributed by atoms with van der Waals surface area (Å²) < 4.78 is 8.19. The van der Waals surface area contributed by atoms with Gasteiger partial charge in [0.1, 0.15) is 11.3 Å². The molecule has 154 valence electrons. The van der Waals surface area contributed by atoms with E-state index in [1.165, 1.54) is 5.56 Å². The molecule has 0 atom stereocenters. The maximum atomic E-state index is 12.9. The monoisotopic (exact) mass is 405 g/mol. The molecular formula is C22H23N5O3. The van der Waals surface area contributed by atoms with Crippen LogP contribution in [0.4, 0.5) is 0 Å². The number of carbonyl (C=O) groups is 1. The lowest BCUT2D eigenvalue weighted by molar-refractivity contribution is -0.0963. The molecule has 30 heavy (non-hydrogen) atoms. The Kier molecular flexibility index (Phi) is 4.51. The van der Waals surface area contributed by atoms with Crippen molar-refractivity contribution in [2.24, 2.45) is 0 Å². The molecule has 2 aliphatic heterocycles. The predicted molar refractivity (Wildman–Crippen MR) is 110 cm³/mol. The average molecular weight is 405 g/mol. The van der Waals surface area contributed by atoms with Crippen LogP contribution in [0.1, 0.15) is 40.3 Å². The lowest BCUT2D eigenvalue weighted by Gasteiger charge is -2.42. The van der Waals surface area contributed by atoms with Crippen molar-refractivity contribution in [3.8, 4) is 5.69 Å². The van der Waals surface area contributed by atoms with Gasteiger partial charge < -0.3 is 14.6 Å². The summed E-state index contributed by atoms with van der Waals surface area (Å²) in [5, 5.41) is 4.88. The van der Waals surface area contributed by atoms with E-state index in [-0.39, 0.29) is 11.6 Å². The number of likely N-dealkylation sites (tertiary alicyclic amines) is 1. The minimum absolute atomic E-state index is 0.186. The molecule has 4 heterocycles. The third-order valence-electron chi connectivity index (χ3n) is 5.95. The third kappa shape index (κ3) is 3.23. The van der Waals surface area contributed by atoms with E-state index in [1.54, 1.807) is 17.9 Å². The fraction of sp³-hybridized carbons (Fsp3) is 0.364.